The minimum atomic E-state index is -3.19. The molecule has 3 N–H and O–H groups in total. The van der Waals surface area contributed by atoms with Crippen LogP contribution in [0.4, 0.5) is 5.69 Å². The molecule has 0 aliphatic rings. The molecule has 440 valence electrons. The van der Waals surface area contributed by atoms with Crippen molar-refractivity contribution in [3.63, 3.8) is 0 Å². The molecule has 2 rings (SSSR count). The van der Waals surface area contributed by atoms with Gasteiger partial charge in [0.25, 0.3) is 0 Å². The van der Waals surface area contributed by atoms with Gasteiger partial charge >= 0.3 is 23.9 Å². The molecule has 0 spiro atoms. The number of carbonyl (C=O) groups is 12. The number of amides is 3. The van der Waals surface area contributed by atoms with Crippen molar-refractivity contribution in [1.29, 1.82) is 0 Å². The first-order chi connectivity index (χ1) is 37.2. The van der Waals surface area contributed by atoms with E-state index in [0.717, 1.165) is 36.1 Å². The van der Waals surface area contributed by atoms with Gasteiger partial charge < -0.3 is 39.6 Å². The zero-order valence-corrected chi connectivity index (χ0v) is 47.5. The average Bonchev–Trinajstić information content (AvgIpc) is 3.37. The summed E-state index contributed by atoms with van der Waals surface area (Å²) < 4.78 is 67.4. The molecule has 0 bridgehead atoms. The predicted octanol–water partition coefficient (Wildman–Crippen LogP) is 3.54. The highest BCUT2D eigenvalue weighted by molar-refractivity contribution is 7.91. The van der Waals surface area contributed by atoms with Crippen LogP contribution >= 0.6 is 0 Å². The van der Waals surface area contributed by atoms with Crippen molar-refractivity contribution < 1.29 is 98.1 Å². The summed E-state index contributed by atoms with van der Waals surface area (Å²) >= 11 is 0. The first-order valence-corrected chi connectivity index (χ1v) is 26.9. The summed E-state index contributed by atoms with van der Waals surface area (Å²) in [5.74, 6) is -4.42. The Morgan fingerprint density at radius 2 is 0.912 bits per heavy atom. The third-order valence-electron chi connectivity index (χ3n) is 7.89. The van der Waals surface area contributed by atoms with Crippen LogP contribution in [0, 0.1) is 0 Å². The zero-order valence-electron chi connectivity index (χ0n) is 45.9. The molecule has 0 saturated heterocycles. The van der Waals surface area contributed by atoms with Gasteiger partial charge in [-0.2, -0.15) is 0 Å². The van der Waals surface area contributed by atoms with E-state index in [4.69, 9.17) is 4.74 Å². The Labute approximate surface area is 466 Å². The molecule has 3 amide bonds. The fraction of sp³-hybridized carbons (Fsp3) is 0.333. The zero-order chi connectivity index (χ0) is 62.4. The van der Waals surface area contributed by atoms with Gasteiger partial charge in [-0.05, 0) is 88.7 Å². The van der Waals surface area contributed by atoms with Gasteiger partial charge in [-0.3, -0.25) is 47.9 Å². The molecule has 0 fully saturated rings. The highest BCUT2D eigenvalue weighted by Crippen LogP contribution is 2.14. The molecule has 80 heavy (non-hydrogen) atoms. The predicted molar refractivity (Wildman–Crippen MR) is 296 cm³/mol. The Kier molecular flexibility index (Phi) is 44.2. The highest BCUT2D eigenvalue weighted by atomic mass is 32.2. The molecule has 2 aromatic rings. The van der Waals surface area contributed by atoms with E-state index in [-0.39, 0.29) is 118 Å². The van der Waals surface area contributed by atoms with E-state index in [9.17, 15) is 74.4 Å². The lowest BCUT2D eigenvalue weighted by atomic mass is 10.2. The number of anilines is 1. The summed E-state index contributed by atoms with van der Waals surface area (Å²) in [5, 5.41) is 7.43. The Hall–Kier alpha value is -8.62. The molecular formula is C54H71N3O21S2. The average molecular weight is 1160 g/mol. The van der Waals surface area contributed by atoms with E-state index < -0.39 is 49.3 Å². The van der Waals surface area contributed by atoms with Crippen molar-refractivity contribution in [2.24, 2.45) is 0 Å². The fourth-order valence-electron chi connectivity index (χ4n) is 4.25. The van der Waals surface area contributed by atoms with Gasteiger partial charge in [0.05, 0.1) is 35.9 Å². The van der Waals surface area contributed by atoms with E-state index >= 15 is 0 Å². The van der Waals surface area contributed by atoms with Crippen molar-refractivity contribution in [2.75, 3.05) is 70.6 Å². The maximum Gasteiger partial charge on any atom is 0.330 e. The molecule has 2 aromatic carbocycles. The molecule has 0 aliphatic carbocycles. The normalized spacial score (nSPS) is 9.64. The molecule has 0 saturated carbocycles. The molecular weight excluding hydrogens is 1090 g/mol. The van der Waals surface area contributed by atoms with Crippen LogP contribution in [0.25, 0.3) is 6.08 Å². The second kappa shape index (κ2) is 45.4. The number of rotatable bonds is 28. The SMILES string of the molecule is C=C(C)C(=O)NCCOC(=O)CC(C)=O.C=CC(=O)NCCOC(=O)CC(C)=O.C=CC(=O)Nc1ccc(S(C)(=O)=O)cc1.C=CC(=O)OCC(=O)CC(C)=O.C=CC(=O)OCCOCC(C)=O.C=Cc1ccc(S(C)(=O)=O)cc1. The Bertz CT molecular complexity index is 2710. The number of hydrogen-bond acceptors (Lipinski definition) is 21. The van der Waals surface area contributed by atoms with Crippen LogP contribution in [0.1, 0.15) is 59.4 Å². The fourth-order valence-corrected chi connectivity index (χ4v) is 5.51. The van der Waals surface area contributed by atoms with Gasteiger partial charge in [0.2, 0.25) is 17.7 Å². The smallest absolute Gasteiger partial charge is 0.330 e. The molecule has 0 unspecified atom stereocenters. The van der Waals surface area contributed by atoms with Crippen LogP contribution in [0.15, 0.2) is 128 Å². The van der Waals surface area contributed by atoms with Crippen molar-refractivity contribution in [3.8, 4) is 0 Å². The van der Waals surface area contributed by atoms with E-state index in [1.54, 1.807) is 37.3 Å². The third kappa shape index (κ3) is 50.2. The summed E-state index contributed by atoms with van der Waals surface area (Å²) in [7, 11) is -6.25. The Morgan fingerprint density at radius 1 is 0.487 bits per heavy atom. The second-order valence-corrected chi connectivity index (χ2v) is 19.7. The molecule has 0 radical (unpaired) electrons. The molecule has 26 heteroatoms. The standard InChI is InChI=1S/C10H15NO4.C10H11NO3S.C9H13NO4.C9H10O2S.C8H10O4.C8H12O4/c1-7(2)10(14)11-4-5-15-9(13)6-8(3)12;1-3-10(12)11-8-4-6-9(7-5-8)15(2,13)14;1-3-8(12)10-4-5-14-9(13)6-7(2)11;1-3-8-4-6-9(7-5-8)12(2,10)11;1-3-8(11)12-5-7(10)4-6(2)9;1-3-8(10)12-5-4-11-6-7(2)9/h1,4-6H2,2-3H3,(H,11,14);3-7H,1H2,2H3,(H,11,12);3H,1,4-6H2,2H3,(H,10,12);3-7H,1H2,2H3;3H,1,4-5H2,2H3;3H,1,4-6H2,2H3. The van der Waals surface area contributed by atoms with E-state index in [1.807, 2.05) is 0 Å². The van der Waals surface area contributed by atoms with Crippen LogP contribution in [0.5, 0.6) is 0 Å². The minimum Gasteiger partial charge on any atom is -0.463 e. The summed E-state index contributed by atoms with van der Waals surface area (Å²) in [4.78, 5) is 128. The number of nitrogens with one attached hydrogen (secondary N) is 3. The van der Waals surface area contributed by atoms with Gasteiger partial charge in [-0.1, -0.05) is 57.7 Å². The number of hydrogen-bond donors (Lipinski definition) is 3. The lowest BCUT2D eigenvalue weighted by Gasteiger charge is -2.05. The summed E-state index contributed by atoms with van der Waals surface area (Å²) in [6.45, 7) is 27.5. The lowest BCUT2D eigenvalue weighted by Crippen LogP contribution is -2.28. The lowest BCUT2D eigenvalue weighted by molar-refractivity contribution is -0.147. The van der Waals surface area contributed by atoms with Crippen LogP contribution in [-0.4, -0.2) is 153 Å². The second-order valence-electron chi connectivity index (χ2n) is 15.6. The van der Waals surface area contributed by atoms with E-state index in [2.05, 4.69) is 74.4 Å². The van der Waals surface area contributed by atoms with Gasteiger partial charge in [0.1, 0.15) is 56.6 Å². The summed E-state index contributed by atoms with van der Waals surface area (Å²) in [6, 6.07) is 12.5. The Morgan fingerprint density at radius 3 is 1.29 bits per heavy atom. The third-order valence-corrected chi connectivity index (χ3v) is 10.1. The maximum atomic E-state index is 11.1. The molecule has 0 heterocycles. The highest BCUT2D eigenvalue weighted by Gasteiger charge is 2.10. The number of Topliss-reactive ketones (excluding diaryl/α,β-unsaturated/α-hetero) is 5. The molecule has 24 nitrogen and oxygen atoms in total. The van der Waals surface area contributed by atoms with Crippen molar-refractivity contribution in [3.05, 3.63) is 123 Å². The molecule has 0 aromatic heterocycles. The first kappa shape index (κ1) is 77.9. The van der Waals surface area contributed by atoms with Crippen LogP contribution in [0.3, 0.4) is 0 Å². The van der Waals surface area contributed by atoms with Crippen LogP contribution < -0.4 is 16.0 Å². The van der Waals surface area contributed by atoms with Crippen LogP contribution in [-0.2, 0) is 101 Å². The summed E-state index contributed by atoms with van der Waals surface area (Å²) in [6.07, 6.45) is 7.65. The number of ether oxygens (including phenoxy) is 5. The summed E-state index contributed by atoms with van der Waals surface area (Å²) in [5.41, 5.74) is 1.85. The van der Waals surface area contributed by atoms with Crippen molar-refractivity contribution >= 4 is 102 Å². The van der Waals surface area contributed by atoms with Crippen molar-refractivity contribution in [1.82, 2.24) is 10.6 Å². The molecule has 0 aliphatic heterocycles. The number of ketones is 5. The quantitative estimate of drug-likeness (QED) is 0.0360. The first-order valence-electron chi connectivity index (χ1n) is 23.2. The maximum absolute atomic E-state index is 11.1. The number of sulfone groups is 2. The van der Waals surface area contributed by atoms with Gasteiger partial charge in [-0.25, -0.2) is 26.4 Å². The van der Waals surface area contributed by atoms with Gasteiger partial charge in [0, 0.05) is 35.9 Å². The van der Waals surface area contributed by atoms with E-state index in [0.29, 0.717) is 16.2 Å². The van der Waals surface area contributed by atoms with E-state index in [1.165, 1.54) is 58.2 Å². The largest absolute Gasteiger partial charge is 0.463 e. The monoisotopic (exact) mass is 1160 g/mol. The van der Waals surface area contributed by atoms with Gasteiger partial charge in [-0.15, -0.1) is 0 Å². The number of carbonyl (C=O) groups excluding carboxylic acids is 12. The Balaban J connectivity index is -0.000000434. The van der Waals surface area contributed by atoms with Crippen molar-refractivity contribution in [2.45, 2.75) is 63.7 Å². The minimum absolute atomic E-state index is 0.0509. The number of benzene rings is 2. The molecule has 0 atom stereocenters. The number of esters is 4. The topological polar surface area (TPSA) is 355 Å². The van der Waals surface area contributed by atoms with Gasteiger partial charge in [0.15, 0.2) is 37.8 Å². The van der Waals surface area contributed by atoms with Crippen LogP contribution in [0.2, 0.25) is 0 Å².